The Bertz CT molecular complexity index is 662. The van der Waals surface area contributed by atoms with Crippen molar-refractivity contribution in [1.82, 2.24) is 0 Å². The fourth-order valence-electron chi connectivity index (χ4n) is 1.58. The summed E-state index contributed by atoms with van der Waals surface area (Å²) in [6, 6.07) is 4.96. The first-order chi connectivity index (χ1) is 9.41. The molecule has 0 heterocycles. The van der Waals surface area contributed by atoms with E-state index in [4.69, 9.17) is 34.8 Å². The molecule has 0 aliphatic rings. The average molecular weight is 341 g/mol. The summed E-state index contributed by atoms with van der Waals surface area (Å²) in [6.45, 7) is 0.0141. The molecular weight excluding hydrogens is 334 g/mol. The summed E-state index contributed by atoms with van der Waals surface area (Å²) in [6.07, 6.45) is 0. The van der Waals surface area contributed by atoms with Crippen LogP contribution >= 0.6 is 34.8 Å². The Balaban J connectivity index is 2.26. The maximum atomic E-state index is 13.5. The van der Waals surface area contributed by atoms with Gasteiger partial charge in [-0.15, -0.1) is 0 Å². The lowest BCUT2D eigenvalue weighted by Gasteiger charge is -2.12. The van der Waals surface area contributed by atoms with Crippen LogP contribution in [0.3, 0.4) is 0 Å². The molecule has 106 valence electrons. The maximum absolute atomic E-state index is 13.5. The molecule has 2 aromatic rings. The Hall–Kier alpha value is -1.10. The van der Waals surface area contributed by atoms with E-state index >= 15 is 0 Å². The minimum atomic E-state index is -1.54. The van der Waals surface area contributed by atoms with Crippen molar-refractivity contribution in [3.05, 3.63) is 62.3 Å². The van der Waals surface area contributed by atoms with Gasteiger partial charge in [-0.1, -0.05) is 34.8 Å². The maximum Gasteiger partial charge on any atom is 0.196 e. The summed E-state index contributed by atoms with van der Waals surface area (Å²) in [4.78, 5) is 0. The second-order valence-corrected chi connectivity index (χ2v) is 5.09. The minimum absolute atomic E-state index is 0.0141. The topological polar surface area (TPSA) is 12.0 Å². The zero-order valence-electron chi connectivity index (χ0n) is 9.78. The molecule has 7 heteroatoms. The average Bonchev–Trinajstić information content (AvgIpc) is 2.42. The Morgan fingerprint density at radius 2 is 1.50 bits per heavy atom. The van der Waals surface area contributed by atoms with E-state index in [2.05, 4.69) is 5.32 Å². The van der Waals surface area contributed by atoms with Gasteiger partial charge in [0.05, 0.1) is 15.7 Å². The van der Waals surface area contributed by atoms with Crippen LogP contribution in [0.1, 0.15) is 5.56 Å². The van der Waals surface area contributed by atoms with Crippen molar-refractivity contribution in [1.29, 1.82) is 0 Å². The summed E-state index contributed by atoms with van der Waals surface area (Å²) in [5, 5.41) is 3.43. The molecule has 0 aromatic heterocycles. The van der Waals surface area contributed by atoms with Gasteiger partial charge in [-0.05, 0) is 24.3 Å². The van der Waals surface area contributed by atoms with Gasteiger partial charge in [0.15, 0.2) is 17.5 Å². The molecule has 0 aliphatic carbocycles. The van der Waals surface area contributed by atoms with Crippen LogP contribution in [0.15, 0.2) is 24.3 Å². The van der Waals surface area contributed by atoms with Crippen molar-refractivity contribution in [2.75, 3.05) is 5.32 Å². The number of halogens is 6. The van der Waals surface area contributed by atoms with Gasteiger partial charge in [0.2, 0.25) is 0 Å². The van der Waals surface area contributed by atoms with E-state index in [1.165, 1.54) is 12.1 Å². The number of hydrogen-bond donors (Lipinski definition) is 1. The number of rotatable bonds is 3. The van der Waals surface area contributed by atoms with Crippen LogP contribution in [0.5, 0.6) is 0 Å². The van der Waals surface area contributed by atoms with Crippen molar-refractivity contribution in [2.45, 2.75) is 6.54 Å². The normalized spacial score (nSPS) is 10.7. The fourth-order valence-corrected chi connectivity index (χ4v) is 2.26. The van der Waals surface area contributed by atoms with E-state index in [9.17, 15) is 13.2 Å². The van der Waals surface area contributed by atoms with Crippen molar-refractivity contribution in [2.24, 2.45) is 0 Å². The van der Waals surface area contributed by atoms with Crippen molar-refractivity contribution in [3.63, 3.8) is 0 Å². The summed E-state index contributed by atoms with van der Waals surface area (Å²) in [5.41, 5.74) is 0.237. The number of hydrogen-bond acceptors (Lipinski definition) is 1. The largest absolute Gasteiger partial charge is 0.378 e. The lowest BCUT2D eigenvalue weighted by Crippen LogP contribution is -2.05. The summed E-state index contributed by atoms with van der Waals surface area (Å²) < 4.78 is 39.4. The third kappa shape index (κ3) is 2.97. The molecule has 2 rings (SSSR count). The predicted molar refractivity (Wildman–Crippen MR) is 75.1 cm³/mol. The van der Waals surface area contributed by atoms with E-state index < -0.39 is 17.5 Å². The number of nitrogens with one attached hydrogen (secondary N) is 1. The van der Waals surface area contributed by atoms with Crippen molar-refractivity contribution >= 4 is 40.5 Å². The molecule has 0 saturated heterocycles. The number of anilines is 1. The molecule has 0 radical (unpaired) electrons. The smallest absolute Gasteiger partial charge is 0.196 e. The molecule has 0 aliphatic heterocycles. The second-order valence-electron chi connectivity index (χ2n) is 3.90. The van der Waals surface area contributed by atoms with Crippen LogP contribution in [-0.2, 0) is 6.54 Å². The minimum Gasteiger partial charge on any atom is -0.378 e. The monoisotopic (exact) mass is 339 g/mol. The Labute approximate surface area is 128 Å². The Morgan fingerprint density at radius 3 is 2.20 bits per heavy atom. The molecule has 2 aromatic carbocycles. The molecule has 0 atom stereocenters. The highest BCUT2D eigenvalue weighted by molar-refractivity contribution is 6.44. The van der Waals surface area contributed by atoms with Gasteiger partial charge in [0.1, 0.15) is 0 Å². The molecular formula is C13H7Cl3F3N. The standard InChI is InChI=1S/C13H7Cl3F3N/c14-7-1-2-8(15)11(16)6(7)5-20-10-4-3-9(17)12(18)13(10)19/h1-4,20H,5H2. The Morgan fingerprint density at radius 1 is 0.850 bits per heavy atom. The van der Waals surface area contributed by atoms with E-state index in [1.807, 2.05) is 0 Å². The highest BCUT2D eigenvalue weighted by atomic mass is 35.5. The third-order valence-electron chi connectivity index (χ3n) is 2.63. The van der Waals surface area contributed by atoms with E-state index in [1.54, 1.807) is 0 Å². The van der Waals surface area contributed by atoms with Crippen LogP contribution in [0.4, 0.5) is 18.9 Å². The Kier molecular flexibility index (Phi) is 4.68. The highest BCUT2D eigenvalue weighted by Crippen LogP contribution is 2.32. The quantitative estimate of drug-likeness (QED) is 0.560. The van der Waals surface area contributed by atoms with E-state index in [0.717, 1.165) is 12.1 Å². The molecule has 20 heavy (non-hydrogen) atoms. The van der Waals surface area contributed by atoms with Gasteiger partial charge in [-0.2, -0.15) is 0 Å². The molecule has 0 spiro atoms. The van der Waals surface area contributed by atoms with Crippen LogP contribution in [0.25, 0.3) is 0 Å². The summed E-state index contributed by atoms with van der Waals surface area (Å²) in [7, 11) is 0. The van der Waals surface area contributed by atoms with Crippen LogP contribution in [0, 0.1) is 17.5 Å². The zero-order valence-corrected chi connectivity index (χ0v) is 12.1. The predicted octanol–water partition coefficient (Wildman–Crippen LogP) is 5.68. The van der Waals surface area contributed by atoms with Crippen LogP contribution in [0.2, 0.25) is 15.1 Å². The lowest BCUT2D eigenvalue weighted by atomic mass is 10.2. The molecule has 0 amide bonds. The SMILES string of the molecule is Fc1ccc(NCc2c(Cl)ccc(Cl)c2Cl)c(F)c1F. The summed E-state index contributed by atoms with van der Waals surface area (Å²) in [5.74, 6) is -4.11. The molecule has 0 bridgehead atoms. The second kappa shape index (κ2) is 6.12. The van der Waals surface area contributed by atoms with Gasteiger partial charge in [-0.25, -0.2) is 13.2 Å². The first-order valence-electron chi connectivity index (χ1n) is 5.41. The zero-order chi connectivity index (χ0) is 14.9. The molecule has 0 unspecified atom stereocenters. The molecule has 1 nitrogen and oxygen atoms in total. The molecule has 0 fully saturated rings. The van der Waals surface area contributed by atoms with E-state index in [-0.39, 0.29) is 17.3 Å². The van der Waals surface area contributed by atoms with Gasteiger partial charge < -0.3 is 5.32 Å². The third-order valence-corrected chi connectivity index (χ3v) is 3.83. The molecule has 1 N–H and O–H groups in total. The summed E-state index contributed by atoms with van der Waals surface area (Å²) >= 11 is 17.8. The highest BCUT2D eigenvalue weighted by Gasteiger charge is 2.15. The van der Waals surface area contributed by atoms with Crippen LogP contribution in [-0.4, -0.2) is 0 Å². The first-order valence-corrected chi connectivity index (χ1v) is 6.55. The lowest BCUT2D eigenvalue weighted by molar-refractivity contribution is 0.449. The van der Waals surface area contributed by atoms with Gasteiger partial charge >= 0.3 is 0 Å². The first kappa shape index (κ1) is 15.3. The van der Waals surface area contributed by atoms with E-state index in [0.29, 0.717) is 15.6 Å². The molecule has 0 saturated carbocycles. The van der Waals surface area contributed by atoms with Gasteiger partial charge in [0, 0.05) is 17.1 Å². The fraction of sp³-hybridized carbons (Fsp3) is 0.0769. The number of benzene rings is 2. The van der Waals surface area contributed by atoms with Crippen molar-refractivity contribution < 1.29 is 13.2 Å². The van der Waals surface area contributed by atoms with Crippen molar-refractivity contribution in [3.8, 4) is 0 Å². The van der Waals surface area contributed by atoms with Crippen LogP contribution < -0.4 is 5.32 Å². The van der Waals surface area contributed by atoms with Gasteiger partial charge in [0.25, 0.3) is 0 Å². The van der Waals surface area contributed by atoms with Gasteiger partial charge in [-0.3, -0.25) is 0 Å².